The van der Waals surface area contributed by atoms with Gasteiger partial charge in [0.15, 0.2) is 5.13 Å². The highest BCUT2D eigenvalue weighted by molar-refractivity contribution is 7.14. The van der Waals surface area contributed by atoms with Gasteiger partial charge in [-0.1, -0.05) is 49.6 Å². The van der Waals surface area contributed by atoms with E-state index >= 15 is 0 Å². The molecule has 4 aromatic rings. The third kappa shape index (κ3) is 5.02. The van der Waals surface area contributed by atoms with Crippen LogP contribution in [0.3, 0.4) is 0 Å². The third-order valence-electron chi connectivity index (χ3n) is 6.21. The van der Waals surface area contributed by atoms with Gasteiger partial charge in [-0.3, -0.25) is 19.8 Å². The van der Waals surface area contributed by atoms with E-state index in [2.05, 4.69) is 20.9 Å². The molecule has 2 aromatic carbocycles. The lowest BCUT2D eigenvalue weighted by molar-refractivity contribution is -0.116. The predicted octanol–water partition coefficient (Wildman–Crippen LogP) is 6.33. The second-order valence-electron chi connectivity index (χ2n) is 8.65. The van der Waals surface area contributed by atoms with Crippen LogP contribution in [0.4, 0.5) is 16.8 Å². The van der Waals surface area contributed by atoms with Gasteiger partial charge in [-0.15, -0.1) is 11.3 Å². The van der Waals surface area contributed by atoms with Crippen molar-refractivity contribution in [3.05, 3.63) is 71.7 Å². The molecule has 7 nitrogen and oxygen atoms in total. The molecule has 8 heteroatoms. The summed E-state index contributed by atoms with van der Waals surface area (Å²) in [5.41, 5.74) is 3.30. The maximum absolute atomic E-state index is 12.8. The molecule has 2 heterocycles. The van der Waals surface area contributed by atoms with E-state index in [0.29, 0.717) is 22.8 Å². The number of benzene rings is 2. The number of anilines is 3. The molecule has 0 unspecified atom stereocenters. The largest absolute Gasteiger partial charge is 0.307 e. The van der Waals surface area contributed by atoms with Crippen LogP contribution in [0.1, 0.15) is 50.8 Å². The Morgan fingerprint density at radius 1 is 1.03 bits per heavy atom. The van der Waals surface area contributed by atoms with Crippen molar-refractivity contribution in [2.24, 2.45) is 0 Å². The molecule has 178 valence electrons. The number of thiazole rings is 1. The molecule has 2 amide bonds. The Balaban J connectivity index is 1.34. The van der Waals surface area contributed by atoms with Gasteiger partial charge >= 0.3 is 0 Å². The summed E-state index contributed by atoms with van der Waals surface area (Å²) >= 11 is 1.36. The van der Waals surface area contributed by atoms with Gasteiger partial charge in [-0.25, -0.2) is 9.97 Å². The summed E-state index contributed by atoms with van der Waals surface area (Å²) < 4.78 is 2.19. The molecule has 1 N–H and O–H groups in total. The van der Waals surface area contributed by atoms with Crippen molar-refractivity contribution >= 4 is 57.0 Å². The smallest absolute Gasteiger partial charge is 0.250 e. The Kier molecular flexibility index (Phi) is 6.72. The van der Waals surface area contributed by atoms with Gasteiger partial charge in [-0.2, -0.15) is 0 Å². The summed E-state index contributed by atoms with van der Waals surface area (Å²) in [6.07, 6.45) is 8.95. The van der Waals surface area contributed by atoms with E-state index in [9.17, 15) is 9.59 Å². The van der Waals surface area contributed by atoms with Crippen LogP contribution in [0.5, 0.6) is 0 Å². The maximum atomic E-state index is 12.8. The summed E-state index contributed by atoms with van der Waals surface area (Å²) in [5.74, 6) is 0.192. The molecule has 0 saturated heterocycles. The molecule has 0 aliphatic heterocycles. The number of nitrogens with zero attached hydrogens (tertiary/aromatic N) is 4. The van der Waals surface area contributed by atoms with Crippen molar-refractivity contribution < 1.29 is 9.59 Å². The highest BCUT2D eigenvalue weighted by atomic mass is 32.1. The lowest BCUT2D eigenvalue weighted by Gasteiger charge is -2.25. The minimum absolute atomic E-state index is 0.125. The fourth-order valence-electron chi connectivity index (χ4n) is 4.61. The molecule has 0 atom stereocenters. The van der Waals surface area contributed by atoms with Crippen molar-refractivity contribution in [2.75, 3.05) is 10.2 Å². The molecule has 1 aliphatic carbocycles. The van der Waals surface area contributed by atoms with Gasteiger partial charge in [0, 0.05) is 24.4 Å². The molecule has 1 saturated carbocycles. The van der Waals surface area contributed by atoms with Crippen LogP contribution in [-0.4, -0.2) is 26.3 Å². The topological polar surface area (TPSA) is 80.1 Å². The number of amides is 2. The highest BCUT2D eigenvalue weighted by Crippen LogP contribution is 2.34. The minimum atomic E-state index is -0.265. The third-order valence-corrected chi connectivity index (χ3v) is 7.05. The monoisotopic (exact) mass is 485 g/mol. The Labute approximate surface area is 208 Å². The minimum Gasteiger partial charge on any atom is -0.307 e. The van der Waals surface area contributed by atoms with Crippen LogP contribution in [0, 0.1) is 0 Å². The number of fused-ring (bicyclic) bond motifs is 1. The fraction of sp³-hybridized carbons (Fsp3) is 0.259. The molecule has 2 aromatic heterocycles. The van der Waals surface area contributed by atoms with Crippen molar-refractivity contribution in [1.82, 2.24) is 14.5 Å². The van der Waals surface area contributed by atoms with Gasteiger partial charge in [-0.05, 0) is 43.2 Å². The summed E-state index contributed by atoms with van der Waals surface area (Å²) in [6.45, 7) is 1.51. The number of imidazole rings is 1. The Bertz CT molecular complexity index is 1370. The molecule has 0 radical (unpaired) electrons. The zero-order valence-corrected chi connectivity index (χ0v) is 20.4. The zero-order chi connectivity index (χ0) is 24.2. The Morgan fingerprint density at radius 3 is 2.54 bits per heavy atom. The lowest BCUT2D eigenvalue weighted by atomic mass is 9.95. The van der Waals surface area contributed by atoms with E-state index in [1.807, 2.05) is 53.9 Å². The van der Waals surface area contributed by atoms with Gasteiger partial charge < -0.3 is 4.57 Å². The van der Waals surface area contributed by atoms with Crippen LogP contribution in [0.25, 0.3) is 17.1 Å². The van der Waals surface area contributed by atoms with Crippen LogP contribution < -0.4 is 10.2 Å². The second-order valence-corrected chi connectivity index (χ2v) is 9.49. The van der Waals surface area contributed by atoms with Gasteiger partial charge in [0.25, 0.3) is 5.91 Å². The molecule has 35 heavy (non-hydrogen) atoms. The number of para-hydroxylation sites is 3. The van der Waals surface area contributed by atoms with E-state index in [1.165, 1.54) is 43.6 Å². The second kappa shape index (κ2) is 10.2. The number of nitrogens with one attached hydrogen (secondary N) is 1. The predicted molar refractivity (Wildman–Crippen MR) is 141 cm³/mol. The maximum Gasteiger partial charge on any atom is 0.250 e. The SMILES string of the molecule is CC(=O)N(c1ccccc1)c1nc(/C=C/C(=O)Nc2nc3ccccc3n2C2CCCCC2)cs1. The van der Waals surface area contributed by atoms with E-state index in [4.69, 9.17) is 4.98 Å². The molecule has 0 bridgehead atoms. The number of hydrogen-bond acceptors (Lipinski definition) is 5. The van der Waals surface area contributed by atoms with Crippen LogP contribution in [0.15, 0.2) is 66.1 Å². The van der Waals surface area contributed by atoms with E-state index in [-0.39, 0.29) is 11.8 Å². The standard InChI is InChI=1S/C27H27N5O2S/c1-19(33)31(21-10-4-2-5-11-21)27-28-20(18-35-27)16-17-25(34)30-26-29-23-14-8-9-15-24(23)32(26)22-12-6-3-7-13-22/h2,4-5,8-11,14-18,22H,3,6-7,12-13H2,1H3,(H,29,30,34)/b17-16+. The van der Waals surface area contributed by atoms with Crippen molar-refractivity contribution in [1.29, 1.82) is 0 Å². The summed E-state index contributed by atoms with van der Waals surface area (Å²) in [5, 5.41) is 5.37. The van der Waals surface area contributed by atoms with Crippen molar-refractivity contribution in [3.63, 3.8) is 0 Å². The van der Waals surface area contributed by atoms with Crippen LogP contribution >= 0.6 is 11.3 Å². The highest BCUT2D eigenvalue weighted by Gasteiger charge is 2.22. The molecule has 1 aliphatic rings. The van der Waals surface area contributed by atoms with Crippen molar-refractivity contribution in [3.8, 4) is 0 Å². The number of hydrogen-bond donors (Lipinski definition) is 1. The number of carbonyl (C=O) groups is 2. The molecular weight excluding hydrogens is 458 g/mol. The summed E-state index contributed by atoms with van der Waals surface area (Å²) in [7, 11) is 0. The normalized spacial score (nSPS) is 14.4. The number of rotatable bonds is 6. The van der Waals surface area contributed by atoms with E-state index in [0.717, 1.165) is 29.6 Å². The average molecular weight is 486 g/mol. The number of aromatic nitrogens is 3. The fourth-order valence-corrected chi connectivity index (χ4v) is 5.47. The average Bonchev–Trinajstić information content (AvgIpc) is 3.48. The lowest BCUT2D eigenvalue weighted by Crippen LogP contribution is -2.22. The first kappa shape index (κ1) is 23.0. The summed E-state index contributed by atoms with van der Waals surface area (Å²) in [6, 6.07) is 17.7. The van der Waals surface area contributed by atoms with E-state index in [1.54, 1.807) is 11.0 Å². The van der Waals surface area contributed by atoms with Gasteiger partial charge in [0.2, 0.25) is 11.9 Å². The molecular formula is C27H27N5O2S. The first-order chi connectivity index (χ1) is 17.1. The quantitative estimate of drug-likeness (QED) is 0.323. The van der Waals surface area contributed by atoms with Gasteiger partial charge in [0.1, 0.15) is 0 Å². The Hall–Kier alpha value is -3.78. The first-order valence-electron chi connectivity index (χ1n) is 11.9. The summed E-state index contributed by atoms with van der Waals surface area (Å²) in [4.78, 5) is 35.9. The first-order valence-corrected chi connectivity index (χ1v) is 12.8. The van der Waals surface area contributed by atoms with E-state index < -0.39 is 0 Å². The number of carbonyl (C=O) groups excluding carboxylic acids is 2. The molecule has 1 fully saturated rings. The molecule has 5 rings (SSSR count). The Morgan fingerprint density at radius 2 is 1.77 bits per heavy atom. The van der Waals surface area contributed by atoms with Crippen LogP contribution in [-0.2, 0) is 9.59 Å². The van der Waals surface area contributed by atoms with Crippen LogP contribution in [0.2, 0.25) is 0 Å². The zero-order valence-electron chi connectivity index (χ0n) is 19.6. The van der Waals surface area contributed by atoms with Crippen molar-refractivity contribution in [2.45, 2.75) is 45.1 Å². The van der Waals surface area contributed by atoms with Gasteiger partial charge in [0.05, 0.1) is 22.4 Å². The molecule has 0 spiro atoms.